The van der Waals surface area contributed by atoms with E-state index in [2.05, 4.69) is 24.5 Å². The molecule has 108 valence electrons. The molecule has 2 spiro atoms. The number of nitrogens with one attached hydrogen (secondary N) is 2. The van der Waals surface area contributed by atoms with Gasteiger partial charge in [0.25, 0.3) is 0 Å². The molecule has 2 aliphatic carbocycles. The highest BCUT2D eigenvalue weighted by Gasteiger charge is 2.56. The van der Waals surface area contributed by atoms with Gasteiger partial charge in [-0.25, -0.2) is 0 Å². The summed E-state index contributed by atoms with van der Waals surface area (Å²) in [7, 11) is 0. The van der Waals surface area contributed by atoms with Crippen LogP contribution in [-0.2, 0) is 0 Å². The van der Waals surface area contributed by atoms with E-state index in [1.54, 1.807) is 0 Å². The van der Waals surface area contributed by atoms with Crippen LogP contribution in [0.5, 0.6) is 0 Å². The van der Waals surface area contributed by atoms with E-state index in [4.69, 9.17) is 0 Å². The third kappa shape index (κ3) is 1.90. The monoisotopic (exact) mass is 262 g/mol. The highest BCUT2D eigenvalue weighted by molar-refractivity contribution is 5.11. The first kappa shape index (κ1) is 12.6. The lowest BCUT2D eigenvalue weighted by Crippen LogP contribution is -2.52. The van der Waals surface area contributed by atoms with E-state index < -0.39 is 0 Å². The Bertz CT molecular complexity index is 360. The molecule has 0 aromatic rings. The first-order valence-electron chi connectivity index (χ1n) is 8.62. The van der Waals surface area contributed by atoms with Crippen molar-refractivity contribution in [3.05, 3.63) is 0 Å². The number of hydrogen-bond acceptors (Lipinski definition) is 2. The third-order valence-corrected chi connectivity index (χ3v) is 6.93. The summed E-state index contributed by atoms with van der Waals surface area (Å²) in [6.07, 6.45) is 11.8. The van der Waals surface area contributed by atoms with Gasteiger partial charge in [-0.3, -0.25) is 0 Å². The molecule has 2 aliphatic heterocycles. The van der Waals surface area contributed by atoms with Gasteiger partial charge in [0.2, 0.25) is 0 Å². The van der Waals surface area contributed by atoms with Crippen molar-refractivity contribution in [1.82, 2.24) is 10.6 Å². The summed E-state index contributed by atoms with van der Waals surface area (Å²) in [4.78, 5) is 0. The fourth-order valence-corrected chi connectivity index (χ4v) is 6.22. The van der Waals surface area contributed by atoms with Gasteiger partial charge >= 0.3 is 0 Å². The first-order chi connectivity index (χ1) is 9.11. The fraction of sp³-hybridized carbons (Fsp3) is 1.00. The Morgan fingerprint density at radius 2 is 1.79 bits per heavy atom. The Morgan fingerprint density at radius 3 is 2.42 bits per heavy atom. The molecular formula is C17H30N2. The maximum Gasteiger partial charge on any atom is 0.0215 e. The van der Waals surface area contributed by atoms with E-state index in [1.807, 2.05) is 0 Å². The molecule has 0 radical (unpaired) electrons. The SMILES string of the molecule is CC1CC2(CN1)CC(C1CCCC13CCC(C)N3)C2. The van der Waals surface area contributed by atoms with Gasteiger partial charge in [0.05, 0.1) is 0 Å². The van der Waals surface area contributed by atoms with Crippen LogP contribution in [0, 0.1) is 17.3 Å². The molecule has 2 N–H and O–H groups in total. The molecule has 2 heteroatoms. The van der Waals surface area contributed by atoms with Crippen LogP contribution < -0.4 is 10.6 Å². The van der Waals surface area contributed by atoms with Crippen LogP contribution >= 0.6 is 0 Å². The maximum absolute atomic E-state index is 4.00. The van der Waals surface area contributed by atoms with E-state index in [0.29, 0.717) is 11.0 Å². The Hall–Kier alpha value is -0.0800. The summed E-state index contributed by atoms with van der Waals surface area (Å²) in [5.74, 6) is 2.03. The van der Waals surface area contributed by atoms with Gasteiger partial charge in [-0.15, -0.1) is 0 Å². The van der Waals surface area contributed by atoms with Gasteiger partial charge in [0, 0.05) is 24.2 Å². The minimum Gasteiger partial charge on any atom is -0.314 e. The lowest BCUT2D eigenvalue weighted by Gasteiger charge is -2.51. The smallest absolute Gasteiger partial charge is 0.0215 e. The highest BCUT2D eigenvalue weighted by atomic mass is 15.1. The fourth-order valence-electron chi connectivity index (χ4n) is 6.22. The Morgan fingerprint density at radius 1 is 0.947 bits per heavy atom. The quantitative estimate of drug-likeness (QED) is 0.759. The van der Waals surface area contributed by atoms with E-state index >= 15 is 0 Å². The lowest BCUT2D eigenvalue weighted by atomic mass is 9.55. The molecule has 0 aromatic heterocycles. The summed E-state index contributed by atoms with van der Waals surface area (Å²) in [6, 6.07) is 1.53. The zero-order chi connectivity index (χ0) is 13.1. The second-order valence-corrected chi connectivity index (χ2v) is 8.39. The standard InChI is InChI=1S/C17H30N2/c1-12-5-7-17(19-12)6-3-4-15(17)14-9-16(10-14)8-13(2)18-11-16/h12-15,18-19H,3-11H2,1-2H3. The van der Waals surface area contributed by atoms with Crippen LogP contribution in [0.2, 0.25) is 0 Å². The Labute approximate surface area is 118 Å². The predicted octanol–water partition coefficient (Wildman–Crippen LogP) is 3.08. The van der Waals surface area contributed by atoms with E-state index in [1.165, 1.54) is 57.9 Å². The summed E-state index contributed by atoms with van der Waals surface area (Å²) in [6.45, 7) is 6.04. The molecule has 0 bridgehead atoms. The third-order valence-electron chi connectivity index (χ3n) is 6.93. The largest absolute Gasteiger partial charge is 0.314 e. The van der Waals surface area contributed by atoms with Crippen molar-refractivity contribution in [3.8, 4) is 0 Å². The molecule has 4 atom stereocenters. The topological polar surface area (TPSA) is 24.1 Å². The van der Waals surface area contributed by atoms with Crippen LogP contribution in [0.1, 0.15) is 65.2 Å². The van der Waals surface area contributed by atoms with Crippen molar-refractivity contribution in [2.45, 2.75) is 82.8 Å². The number of rotatable bonds is 1. The van der Waals surface area contributed by atoms with Crippen LogP contribution in [0.15, 0.2) is 0 Å². The van der Waals surface area contributed by atoms with Crippen LogP contribution in [-0.4, -0.2) is 24.2 Å². The molecule has 0 aromatic carbocycles. The van der Waals surface area contributed by atoms with Crippen molar-refractivity contribution < 1.29 is 0 Å². The average molecular weight is 262 g/mol. The minimum atomic E-state index is 0.559. The average Bonchev–Trinajstić information content (AvgIpc) is 2.99. The molecule has 2 saturated carbocycles. The number of hydrogen-bond donors (Lipinski definition) is 2. The molecule has 0 amide bonds. The summed E-state index contributed by atoms with van der Waals surface area (Å²) in [5.41, 5.74) is 1.27. The summed E-state index contributed by atoms with van der Waals surface area (Å²) >= 11 is 0. The second kappa shape index (κ2) is 4.21. The molecule has 2 heterocycles. The zero-order valence-electron chi connectivity index (χ0n) is 12.7. The van der Waals surface area contributed by atoms with Gasteiger partial charge in [-0.2, -0.15) is 0 Å². The molecule has 19 heavy (non-hydrogen) atoms. The maximum atomic E-state index is 4.00. The molecule has 2 saturated heterocycles. The van der Waals surface area contributed by atoms with Crippen molar-refractivity contribution in [2.24, 2.45) is 17.3 Å². The van der Waals surface area contributed by atoms with Crippen molar-refractivity contribution in [1.29, 1.82) is 0 Å². The molecule has 4 aliphatic rings. The zero-order valence-corrected chi connectivity index (χ0v) is 12.7. The van der Waals surface area contributed by atoms with Crippen LogP contribution in [0.3, 0.4) is 0 Å². The van der Waals surface area contributed by atoms with Gasteiger partial charge in [-0.05, 0) is 76.0 Å². The van der Waals surface area contributed by atoms with Crippen LogP contribution in [0.4, 0.5) is 0 Å². The minimum absolute atomic E-state index is 0.559. The predicted molar refractivity (Wildman–Crippen MR) is 79.1 cm³/mol. The molecule has 4 fully saturated rings. The van der Waals surface area contributed by atoms with Gasteiger partial charge in [0.1, 0.15) is 0 Å². The lowest BCUT2D eigenvalue weighted by molar-refractivity contribution is 0.00642. The van der Waals surface area contributed by atoms with Crippen molar-refractivity contribution in [2.75, 3.05) is 6.54 Å². The van der Waals surface area contributed by atoms with Crippen molar-refractivity contribution in [3.63, 3.8) is 0 Å². The van der Waals surface area contributed by atoms with Crippen LogP contribution in [0.25, 0.3) is 0 Å². The van der Waals surface area contributed by atoms with Gasteiger partial charge in [0.15, 0.2) is 0 Å². The molecule has 4 unspecified atom stereocenters. The Kier molecular flexibility index (Phi) is 2.80. The highest BCUT2D eigenvalue weighted by Crippen LogP contribution is 2.59. The van der Waals surface area contributed by atoms with E-state index in [-0.39, 0.29) is 0 Å². The molecular weight excluding hydrogens is 232 g/mol. The van der Waals surface area contributed by atoms with Gasteiger partial charge in [-0.1, -0.05) is 6.42 Å². The van der Waals surface area contributed by atoms with Crippen molar-refractivity contribution >= 4 is 0 Å². The van der Waals surface area contributed by atoms with E-state index in [0.717, 1.165) is 23.9 Å². The Balaban J connectivity index is 1.44. The molecule has 2 nitrogen and oxygen atoms in total. The molecule has 4 rings (SSSR count). The summed E-state index contributed by atoms with van der Waals surface area (Å²) in [5, 5.41) is 7.68. The summed E-state index contributed by atoms with van der Waals surface area (Å²) < 4.78 is 0. The van der Waals surface area contributed by atoms with Gasteiger partial charge < -0.3 is 10.6 Å². The first-order valence-corrected chi connectivity index (χ1v) is 8.62. The van der Waals surface area contributed by atoms with E-state index in [9.17, 15) is 0 Å². The normalized spacial score (nSPS) is 57.2. The second-order valence-electron chi connectivity index (χ2n) is 8.39.